The van der Waals surface area contributed by atoms with Crippen LogP contribution in [0.3, 0.4) is 0 Å². The first-order valence-corrected chi connectivity index (χ1v) is 8.65. The second kappa shape index (κ2) is 8.98. The molecular weight excluding hydrogens is 369 g/mol. The second-order valence-electron chi connectivity index (χ2n) is 5.99. The van der Waals surface area contributed by atoms with E-state index in [1.807, 2.05) is 0 Å². The Morgan fingerprint density at radius 3 is 2.57 bits per heavy atom. The Bertz CT molecular complexity index is 898. The quantitative estimate of drug-likeness (QED) is 0.603. The summed E-state index contributed by atoms with van der Waals surface area (Å²) in [6, 6.07) is 9.80. The van der Waals surface area contributed by atoms with Crippen LogP contribution in [0.5, 0.6) is 11.5 Å². The smallest absolute Gasteiger partial charge is 0.325 e. The van der Waals surface area contributed by atoms with Crippen LogP contribution in [0.4, 0.5) is 4.39 Å². The number of esters is 1. The molecule has 0 radical (unpaired) electrons. The summed E-state index contributed by atoms with van der Waals surface area (Å²) in [4.78, 5) is 35.8. The molecule has 0 bridgehead atoms. The fourth-order valence-corrected chi connectivity index (χ4v) is 2.50. The third-order valence-electron chi connectivity index (χ3n) is 3.91. The number of hydrogen-bond acceptors (Lipinski definition) is 6. The molecule has 0 saturated carbocycles. The summed E-state index contributed by atoms with van der Waals surface area (Å²) in [6.45, 7) is 0.113. The van der Waals surface area contributed by atoms with Gasteiger partial charge in [0.25, 0.3) is 5.91 Å². The molecule has 28 heavy (non-hydrogen) atoms. The highest BCUT2D eigenvalue weighted by Gasteiger charge is 2.16. The lowest BCUT2D eigenvalue weighted by molar-refractivity contribution is -0.141. The Hall–Kier alpha value is -3.42. The van der Waals surface area contributed by atoms with Crippen molar-refractivity contribution in [2.24, 2.45) is 0 Å². The van der Waals surface area contributed by atoms with Crippen molar-refractivity contribution in [3.8, 4) is 11.5 Å². The molecule has 0 aliphatic carbocycles. The molecule has 0 aromatic heterocycles. The van der Waals surface area contributed by atoms with E-state index >= 15 is 0 Å². The molecule has 1 aliphatic heterocycles. The number of rotatable bonds is 6. The number of amides is 1. The van der Waals surface area contributed by atoms with E-state index < -0.39 is 36.6 Å². The van der Waals surface area contributed by atoms with Gasteiger partial charge in [-0.15, -0.1) is 0 Å². The first-order valence-electron chi connectivity index (χ1n) is 8.65. The van der Waals surface area contributed by atoms with E-state index in [0.29, 0.717) is 30.3 Å². The highest BCUT2D eigenvalue weighted by atomic mass is 19.1. The van der Waals surface area contributed by atoms with Crippen LogP contribution in [-0.4, -0.2) is 44.0 Å². The topological polar surface area (TPSA) is 90.9 Å². The van der Waals surface area contributed by atoms with Crippen molar-refractivity contribution < 1.29 is 33.0 Å². The molecular formula is C20H18FNO6. The lowest BCUT2D eigenvalue weighted by atomic mass is 10.1. The summed E-state index contributed by atoms with van der Waals surface area (Å²) < 4.78 is 29.0. The van der Waals surface area contributed by atoms with Gasteiger partial charge in [0.2, 0.25) is 0 Å². The van der Waals surface area contributed by atoms with Gasteiger partial charge < -0.3 is 19.5 Å². The third-order valence-corrected chi connectivity index (χ3v) is 3.91. The van der Waals surface area contributed by atoms with Gasteiger partial charge in [-0.1, -0.05) is 6.07 Å². The van der Waals surface area contributed by atoms with Crippen LogP contribution in [0.25, 0.3) is 0 Å². The normalized spacial score (nSPS) is 12.6. The molecule has 1 amide bonds. The minimum absolute atomic E-state index is 0.0797. The van der Waals surface area contributed by atoms with Gasteiger partial charge in [-0.3, -0.25) is 14.4 Å². The van der Waals surface area contributed by atoms with E-state index in [4.69, 9.17) is 14.2 Å². The van der Waals surface area contributed by atoms with Gasteiger partial charge in [0, 0.05) is 17.5 Å². The SMILES string of the molecule is O=C(CNC(=O)c1cccc(F)c1)OCC(=O)c1ccc2c(c1)OCCCO2. The lowest BCUT2D eigenvalue weighted by Crippen LogP contribution is -2.31. The average molecular weight is 387 g/mol. The fourth-order valence-electron chi connectivity index (χ4n) is 2.50. The average Bonchev–Trinajstić information content (AvgIpc) is 2.95. The predicted octanol–water partition coefficient (Wildman–Crippen LogP) is 2.14. The number of fused-ring (bicyclic) bond motifs is 1. The molecule has 1 N–H and O–H groups in total. The standard InChI is InChI=1S/C20H18FNO6/c21-15-4-1-3-14(9-15)20(25)22-11-19(24)28-12-16(23)13-5-6-17-18(10-13)27-8-2-7-26-17/h1,3-6,9-10H,2,7-8,11-12H2,(H,22,25). The number of carbonyl (C=O) groups is 3. The number of ketones is 1. The summed E-state index contributed by atoms with van der Waals surface area (Å²) >= 11 is 0. The molecule has 1 heterocycles. The van der Waals surface area contributed by atoms with Crippen molar-refractivity contribution in [3.63, 3.8) is 0 Å². The van der Waals surface area contributed by atoms with E-state index in [9.17, 15) is 18.8 Å². The van der Waals surface area contributed by atoms with Gasteiger partial charge in [0.15, 0.2) is 23.9 Å². The van der Waals surface area contributed by atoms with E-state index in [1.54, 1.807) is 18.2 Å². The van der Waals surface area contributed by atoms with Gasteiger partial charge in [-0.2, -0.15) is 0 Å². The maximum Gasteiger partial charge on any atom is 0.325 e. The van der Waals surface area contributed by atoms with Gasteiger partial charge in [0.1, 0.15) is 12.4 Å². The highest BCUT2D eigenvalue weighted by Crippen LogP contribution is 2.30. The number of halogens is 1. The Morgan fingerprint density at radius 2 is 1.79 bits per heavy atom. The Labute approximate surface area is 160 Å². The third kappa shape index (κ3) is 5.06. The molecule has 2 aromatic carbocycles. The van der Waals surface area contributed by atoms with Crippen LogP contribution in [0, 0.1) is 5.82 Å². The molecule has 2 aromatic rings. The fraction of sp³-hybridized carbons (Fsp3) is 0.250. The van der Waals surface area contributed by atoms with Crippen molar-refractivity contribution in [2.75, 3.05) is 26.4 Å². The summed E-state index contributed by atoms with van der Waals surface area (Å²) in [5.41, 5.74) is 0.400. The molecule has 0 atom stereocenters. The van der Waals surface area contributed by atoms with Crippen molar-refractivity contribution in [1.82, 2.24) is 5.32 Å². The molecule has 1 aliphatic rings. The Morgan fingerprint density at radius 1 is 1.00 bits per heavy atom. The number of hydrogen-bond donors (Lipinski definition) is 1. The summed E-state index contributed by atoms with van der Waals surface area (Å²) in [7, 11) is 0. The van der Waals surface area contributed by atoms with Crippen LogP contribution in [-0.2, 0) is 9.53 Å². The van der Waals surface area contributed by atoms with E-state index in [0.717, 1.165) is 12.5 Å². The molecule has 146 valence electrons. The van der Waals surface area contributed by atoms with Gasteiger partial charge in [-0.05, 0) is 36.4 Å². The number of Topliss-reactive ketones (excluding diaryl/α,β-unsaturated/α-hetero) is 1. The molecule has 3 rings (SSSR count). The van der Waals surface area contributed by atoms with E-state index in [1.165, 1.54) is 18.2 Å². The Balaban J connectivity index is 1.48. The summed E-state index contributed by atoms with van der Waals surface area (Å²) in [5.74, 6) is -1.35. The van der Waals surface area contributed by atoms with Gasteiger partial charge >= 0.3 is 5.97 Å². The molecule has 0 fully saturated rings. The minimum Gasteiger partial charge on any atom is -0.490 e. The zero-order valence-corrected chi connectivity index (χ0v) is 14.9. The zero-order valence-electron chi connectivity index (χ0n) is 14.9. The Kier molecular flexibility index (Phi) is 6.21. The van der Waals surface area contributed by atoms with Gasteiger partial charge in [0.05, 0.1) is 13.2 Å². The van der Waals surface area contributed by atoms with Crippen LogP contribution >= 0.6 is 0 Å². The zero-order chi connectivity index (χ0) is 19.9. The minimum atomic E-state index is -0.785. The number of carbonyl (C=O) groups excluding carboxylic acids is 3. The number of ether oxygens (including phenoxy) is 3. The van der Waals surface area contributed by atoms with E-state index in [-0.39, 0.29) is 5.56 Å². The van der Waals surface area contributed by atoms with Crippen molar-refractivity contribution >= 4 is 17.7 Å². The molecule has 0 unspecified atom stereocenters. The lowest BCUT2D eigenvalue weighted by Gasteiger charge is -2.09. The van der Waals surface area contributed by atoms with Crippen molar-refractivity contribution in [1.29, 1.82) is 0 Å². The first-order chi connectivity index (χ1) is 13.5. The van der Waals surface area contributed by atoms with E-state index in [2.05, 4.69) is 5.32 Å². The van der Waals surface area contributed by atoms with Crippen LogP contribution in [0.2, 0.25) is 0 Å². The van der Waals surface area contributed by atoms with Crippen molar-refractivity contribution in [2.45, 2.75) is 6.42 Å². The monoisotopic (exact) mass is 387 g/mol. The van der Waals surface area contributed by atoms with Crippen LogP contribution in [0.15, 0.2) is 42.5 Å². The summed E-state index contributed by atoms with van der Waals surface area (Å²) in [5, 5.41) is 2.31. The number of nitrogens with one attached hydrogen (secondary N) is 1. The second-order valence-corrected chi connectivity index (χ2v) is 5.99. The maximum absolute atomic E-state index is 13.1. The molecule has 7 nitrogen and oxygen atoms in total. The number of benzene rings is 2. The molecule has 0 saturated heterocycles. The predicted molar refractivity (Wildman–Crippen MR) is 96.1 cm³/mol. The maximum atomic E-state index is 13.1. The largest absolute Gasteiger partial charge is 0.490 e. The van der Waals surface area contributed by atoms with Crippen LogP contribution < -0.4 is 14.8 Å². The molecule has 0 spiro atoms. The molecule has 8 heteroatoms. The van der Waals surface area contributed by atoms with Gasteiger partial charge in [-0.25, -0.2) is 4.39 Å². The van der Waals surface area contributed by atoms with Crippen LogP contribution in [0.1, 0.15) is 27.1 Å². The van der Waals surface area contributed by atoms with Crippen molar-refractivity contribution in [3.05, 3.63) is 59.4 Å². The summed E-state index contributed by atoms with van der Waals surface area (Å²) in [6.07, 6.45) is 0.747. The first kappa shape index (κ1) is 19.3. The highest BCUT2D eigenvalue weighted by molar-refractivity contribution is 5.99.